The van der Waals surface area contributed by atoms with Crippen molar-refractivity contribution in [3.63, 3.8) is 0 Å². The van der Waals surface area contributed by atoms with Gasteiger partial charge in [0.1, 0.15) is 5.75 Å². The lowest BCUT2D eigenvalue weighted by Crippen LogP contribution is -2.27. The summed E-state index contributed by atoms with van der Waals surface area (Å²) < 4.78 is 32.6. The first kappa shape index (κ1) is 24.5. The highest BCUT2D eigenvalue weighted by Crippen LogP contribution is 2.27. The maximum Gasteiger partial charge on any atom is 0.255 e. The lowest BCUT2D eigenvalue weighted by atomic mass is 10.0. The monoisotopic (exact) mass is 466 g/mol. The summed E-state index contributed by atoms with van der Waals surface area (Å²) in [6.07, 6.45) is 1.61. The Morgan fingerprint density at radius 2 is 1.55 bits per heavy atom. The van der Waals surface area contributed by atoms with E-state index in [4.69, 9.17) is 4.74 Å². The van der Waals surface area contributed by atoms with Crippen LogP contribution in [-0.4, -0.2) is 32.8 Å². The van der Waals surface area contributed by atoms with Gasteiger partial charge in [-0.05, 0) is 54.3 Å². The van der Waals surface area contributed by atoms with Gasteiger partial charge in [-0.3, -0.25) is 4.79 Å². The third kappa shape index (κ3) is 5.43. The fourth-order valence-corrected chi connectivity index (χ4v) is 4.90. The third-order valence-corrected chi connectivity index (χ3v) is 7.44. The predicted octanol–water partition coefficient (Wildman–Crippen LogP) is 4.89. The zero-order valence-electron chi connectivity index (χ0n) is 19.5. The quantitative estimate of drug-likeness (QED) is 0.487. The molecular formula is C26H30N2O4S. The largest absolute Gasteiger partial charge is 0.496 e. The van der Waals surface area contributed by atoms with Crippen molar-refractivity contribution in [1.82, 2.24) is 4.31 Å². The van der Waals surface area contributed by atoms with E-state index >= 15 is 0 Å². The van der Waals surface area contributed by atoms with E-state index in [2.05, 4.69) is 19.2 Å². The van der Waals surface area contributed by atoms with Crippen molar-refractivity contribution in [3.8, 4) is 5.75 Å². The summed E-state index contributed by atoms with van der Waals surface area (Å²) in [6, 6.07) is 19.3. The first-order valence-corrected chi connectivity index (χ1v) is 12.4. The van der Waals surface area contributed by atoms with Crippen LogP contribution < -0.4 is 10.1 Å². The number of nitrogens with zero attached hydrogens (tertiary/aromatic N) is 1. The molecule has 0 saturated carbocycles. The van der Waals surface area contributed by atoms with E-state index in [0.717, 1.165) is 29.7 Å². The summed E-state index contributed by atoms with van der Waals surface area (Å²) in [7, 11) is -0.648. The molecule has 174 valence electrons. The van der Waals surface area contributed by atoms with Crippen molar-refractivity contribution in [2.75, 3.05) is 19.5 Å². The SMILES string of the molecule is CCc1cccc(CC)c1NC(=O)c1ccc(OC)c(CN(C)S(=O)(=O)c2ccccc2)c1. The number of nitrogens with one attached hydrogen (secondary N) is 1. The molecule has 0 aliphatic heterocycles. The molecule has 0 atom stereocenters. The van der Waals surface area contributed by atoms with Gasteiger partial charge in [-0.2, -0.15) is 4.31 Å². The molecule has 0 fully saturated rings. The van der Waals surface area contributed by atoms with E-state index in [1.807, 2.05) is 18.2 Å². The van der Waals surface area contributed by atoms with Gasteiger partial charge in [0.25, 0.3) is 5.91 Å². The minimum absolute atomic E-state index is 0.0628. The number of benzene rings is 3. The van der Waals surface area contributed by atoms with Crippen molar-refractivity contribution < 1.29 is 17.9 Å². The Morgan fingerprint density at radius 1 is 0.909 bits per heavy atom. The highest BCUT2D eigenvalue weighted by molar-refractivity contribution is 7.89. The molecule has 3 aromatic rings. The van der Waals surface area contributed by atoms with Crippen molar-refractivity contribution >= 4 is 21.6 Å². The number of hydrogen-bond donors (Lipinski definition) is 1. The van der Waals surface area contributed by atoms with Crippen LogP contribution in [0.15, 0.2) is 71.6 Å². The lowest BCUT2D eigenvalue weighted by molar-refractivity contribution is 0.102. The van der Waals surface area contributed by atoms with Crippen LogP contribution in [0.5, 0.6) is 5.75 Å². The topological polar surface area (TPSA) is 75.7 Å². The van der Waals surface area contributed by atoms with Crippen molar-refractivity contribution in [3.05, 3.63) is 89.0 Å². The van der Waals surface area contributed by atoms with Gasteiger partial charge in [0.2, 0.25) is 10.0 Å². The zero-order valence-corrected chi connectivity index (χ0v) is 20.3. The molecule has 3 aromatic carbocycles. The number of sulfonamides is 1. The number of hydrogen-bond acceptors (Lipinski definition) is 4. The van der Waals surface area contributed by atoms with Gasteiger partial charge in [0.05, 0.1) is 12.0 Å². The van der Waals surface area contributed by atoms with Crippen molar-refractivity contribution in [2.24, 2.45) is 0 Å². The zero-order chi connectivity index (χ0) is 24.0. The minimum Gasteiger partial charge on any atom is -0.496 e. The summed E-state index contributed by atoms with van der Waals surface area (Å²) in [5.74, 6) is 0.271. The molecule has 0 aliphatic carbocycles. The van der Waals surface area contributed by atoms with Crippen LogP contribution in [0.2, 0.25) is 0 Å². The second-order valence-electron chi connectivity index (χ2n) is 7.71. The normalized spacial score (nSPS) is 11.4. The summed E-state index contributed by atoms with van der Waals surface area (Å²) in [5, 5.41) is 3.06. The second kappa shape index (κ2) is 10.6. The number of carbonyl (C=O) groups excluding carboxylic acids is 1. The molecular weight excluding hydrogens is 436 g/mol. The van der Waals surface area contributed by atoms with Crippen molar-refractivity contribution in [2.45, 2.75) is 38.1 Å². The fourth-order valence-electron chi connectivity index (χ4n) is 3.73. The predicted molar refractivity (Wildman–Crippen MR) is 131 cm³/mol. The number of carbonyl (C=O) groups is 1. The summed E-state index contributed by atoms with van der Waals surface area (Å²) >= 11 is 0. The molecule has 3 rings (SSSR count). The lowest BCUT2D eigenvalue weighted by Gasteiger charge is -2.20. The number of amides is 1. The summed E-state index contributed by atoms with van der Waals surface area (Å²) in [4.78, 5) is 13.3. The molecule has 0 bridgehead atoms. The molecule has 0 radical (unpaired) electrons. The average molecular weight is 467 g/mol. The van der Waals surface area contributed by atoms with E-state index in [1.54, 1.807) is 48.5 Å². The second-order valence-corrected chi connectivity index (χ2v) is 9.76. The molecule has 0 aromatic heterocycles. The minimum atomic E-state index is -3.68. The van der Waals surface area contributed by atoms with Crippen LogP contribution in [0, 0.1) is 0 Å². The van der Waals surface area contributed by atoms with Crippen LogP contribution in [0.4, 0.5) is 5.69 Å². The number of para-hydroxylation sites is 1. The molecule has 0 heterocycles. The van der Waals surface area contributed by atoms with E-state index in [0.29, 0.717) is 16.9 Å². The van der Waals surface area contributed by atoms with Crippen molar-refractivity contribution in [1.29, 1.82) is 0 Å². The Bertz CT molecular complexity index is 1200. The maximum atomic E-state index is 13.1. The van der Waals surface area contributed by atoms with Crippen LogP contribution in [0.3, 0.4) is 0 Å². The van der Waals surface area contributed by atoms with E-state index < -0.39 is 10.0 Å². The molecule has 7 heteroatoms. The van der Waals surface area contributed by atoms with Crippen LogP contribution in [0.25, 0.3) is 0 Å². The molecule has 1 N–H and O–H groups in total. The number of rotatable bonds is 9. The van der Waals surface area contributed by atoms with Crippen LogP contribution in [-0.2, 0) is 29.4 Å². The Hall–Kier alpha value is -3.16. The Labute approximate surface area is 196 Å². The molecule has 1 amide bonds. The molecule has 0 unspecified atom stereocenters. The first-order valence-electron chi connectivity index (χ1n) is 10.9. The fraction of sp³-hybridized carbons (Fsp3) is 0.269. The Balaban J connectivity index is 1.89. The number of aryl methyl sites for hydroxylation is 2. The van der Waals surface area contributed by atoms with E-state index in [9.17, 15) is 13.2 Å². The summed E-state index contributed by atoms with van der Waals surface area (Å²) in [6.45, 7) is 4.17. The van der Waals surface area contributed by atoms with Gasteiger partial charge < -0.3 is 10.1 Å². The van der Waals surface area contributed by atoms with Gasteiger partial charge in [-0.1, -0.05) is 50.2 Å². The van der Waals surface area contributed by atoms with Gasteiger partial charge >= 0.3 is 0 Å². The first-order chi connectivity index (χ1) is 15.8. The van der Waals surface area contributed by atoms with Gasteiger partial charge in [0, 0.05) is 30.4 Å². The van der Waals surface area contributed by atoms with Gasteiger partial charge in [-0.25, -0.2) is 8.42 Å². The average Bonchev–Trinajstić information content (AvgIpc) is 2.84. The molecule has 0 spiro atoms. The Kier molecular flexibility index (Phi) is 7.89. The van der Waals surface area contributed by atoms with E-state index in [-0.39, 0.29) is 17.3 Å². The van der Waals surface area contributed by atoms with Crippen LogP contribution >= 0.6 is 0 Å². The summed E-state index contributed by atoms with van der Waals surface area (Å²) in [5.41, 5.74) is 4.03. The molecule has 0 aliphatic rings. The third-order valence-electron chi connectivity index (χ3n) is 5.62. The smallest absolute Gasteiger partial charge is 0.255 e. The van der Waals surface area contributed by atoms with Gasteiger partial charge in [0.15, 0.2) is 0 Å². The molecule has 0 saturated heterocycles. The van der Waals surface area contributed by atoms with Crippen LogP contribution in [0.1, 0.15) is 40.9 Å². The van der Waals surface area contributed by atoms with Gasteiger partial charge in [-0.15, -0.1) is 0 Å². The van der Waals surface area contributed by atoms with E-state index in [1.165, 1.54) is 18.5 Å². The maximum absolute atomic E-state index is 13.1. The number of methoxy groups -OCH3 is 1. The highest BCUT2D eigenvalue weighted by Gasteiger charge is 2.22. The molecule has 33 heavy (non-hydrogen) atoms. The number of ether oxygens (including phenoxy) is 1. The standard InChI is InChI=1S/C26H30N2O4S/c1-5-19-11-10-12-20(6-2)25(19)27-26(29)21-15-16-24(32-4)22(17-21)18-28(3)33(30,31)23-13-8-7-9-14-23/h7-17H,5-6,18H2,1-4H3,(H,27,29). The Morgan fingerprint density at radius 3 is 2.12 bits per heavy atom. The molecule has 6 nitrogen and oxygen atoms in total. The highest BCUT2D eigenvalue weighted by atomic mass is 32.2. The number of anilines is 1.